The first-order chi connectivity index (χ1) is 8.27. The Morgan fingerprint density at radius 1 is 1.41 bits per heavy atom. The first kappa shape index (κ1) is 13.5. The highest BCUT2D eigenvalue weighted by molar-refractivity contribution is 8.06. The number of hydrogen-bond donors (Lipinski definition) is 1. The number of halogens is 2. The van der Waals surface area contributed by atoms with Gasteiger partial charge in [-0.05, 0) is 12.1 Å². The topological polar surface area (TPSA) is 12.0 Å². The molecule has 1 aliphatic heterocycles. The van der Waals surface area contributed by atoms with Crippen LogP contribution in [0, 0.1) is 5.82 Å². The maximum absolute atomic E-state index is 13.5. The summed E-state index contributed by atoms with van der Waals surface area (Å²) in [6.45, 7) is 1.43. The molecule has 1 saturated heterocycles. The molecule has 0 bridgehead atoms. The van der Waals surface area contributed by atoms with E-state index >= 15 is 0 Å². The van der Waals surface area contributed by atoms with E-state index in [0.717, 1.165) is 6.54 Å². The quantitative estimate of drug-likeness (QED) is 0.913. The van der Waals surface area contributed by atoms with E-state index in [1.165, 1.54) is 23.3 Å². The SMILES string of the molecule is Fc1cccc(Cl)c1CNC[C@H]1CSCCS1. The van der Waals surface area contributed by atoms with Crippen LogP contribution in [0.4, 0.5) is 4.39 Å². The molecule has 1 heterocycles. The molecule has 0 saturated carbocycles. The van der Waals surface area contributed by atoms with Gasteiger partial charge in [-0.1, -0.05) is 17.7 Å². The van der Waals surface area contributed by atoms with Crippen LogP contribution >= 0.6 is 35.1 Å². The second-order valence-corrected chi connectivity index (χ2v) is 6.86. The van der Waals surface area contributed by atoms with E-state index in [-0.39, 0.29) is 5.82 Å². The van der Waals surface area contributed by atoms with E-state index in [1.807, 2.05) is 23.5 Å². The molecule has 1 aromatic carbocycles. The van der Waals surface area contributed by atoms with Crippen molar-refractivity contribution in [3.8, 4) is 0 Å². The van der Waals surface area contributed by atoms with Crippen LogP contribution in [0.1, 0.15) is 5.56 Å². The van der Waals surface area contributed by atoms with Crippen molar-refractivity contribution in [2.45, 2.75) is 11.8 Å². The zero-order valence-corrected chi connectivity index (χ0v) is 11.8. The number of rotatable bonds is 4. The molecule has 0 radical (unpaired) electrons. The third kappa shape index (κ3) is 4.05. The Morgan fingerprint density at radius 3 is 3.00 bits per heavy atom. The Morgan fingerprint density at radius 2 is 2.29 bits per heavy atom. The molecule has 0 aromatic heterocycles. The van der Waals surface area contributed by atoms with Gasteiger partial charge in [0, 0.05) is 46.2 Å². The minimum atomic E-state index is -0.226. The summed E-state index contributed by atoms with van der Waals surface area (Å²) in [7, 11) is 0. The molecule has 0 unspecified atom stereocenters. The van der Waals surface area contributed by atoms with Crippen LogP contribution in [0.25, 0.3) is 0 Å². The van der Waals surface area contributed by atoms with Crippen LogP contribution in [0.2, 0.25) is 5.02 Å². The lowest BCUT2D eigenvalue weighted by Gasteiger charge is -2.21. The normalized spacial score (nSPS) is 20.5. The summed E-state index contributed by atoms with van der Waals surface area (Å²) in [5.41, 5.74) is 0.572. The molecule has 1 fully saturated rings. The van der Waals surface area contributed by atoms with E-state index < -0.39 is 0 Å². The standard InChI is InChI=1S/C12H15ClFNS2/c13-11-2-1-3-12(14)10(11)7-15-6-9-8-16-4-5-17-9/h1-3,9,15H,4-8H2/t9-/m0/s1. The highest BCUT2D eigenvalue weighted by Gasteiger charge is 2.14. The van der Waals surface area contributed by atoms with Crippen molar-refractivity contribution >= 4 is 35.1 Å². The molecule has 0 amide bonds. The zero-order chi connectivity index (χ0) is 12.1. The van der Waals surface area contributed by atoms with Gasteiger partial charge in [-0.15, -0.1) is 0 Å². The van der Waals surface area contributed by atoms with Gasteiger partial charge in [0.25, 0.3) is 0 Å². The molecule has 0 aliphatic carbocycles. The average Bonchev–Trinajstić information content (AvgIpc) is 2.34. The van der Waals surface area contributed by atoms with Crippen molar-refractivity contribution in [3.05, 3.63) is 34.6 Å². The highest BCUT2D eigenvalue weighted by atomic mass is 35.5. The summed E-state index contributed by atoms with van der Waals surface area (Å²) in [5.74, 6) is 3.43. The molecule has 1 N–H and O–H groups in total. The number of hydrogen-bond acceptors (Lipinski definition) is 3. The van der Waals surface area contributed by atoms with Crippen molar-refractivity contribution in [3.63, 3.8) is 0 Å². The Balaban J connectivity index is 1.81. The van der Waals surface area contributed by atoms with Crippen molar-refractivity contribution in [1.29, 1.82) is 0 Å². The van der Waals surface area contributed by atoms with Gasteiger partial charge in [0.1, 0.15) is 5.82 Å². The van der Waals surface area contributed by atoms with Gasteiger partial charge < -0.3 is 5.32 Å². The van der Waals surface area contributed by atoms with Crippen LogP contribution < -0.4 is 5.32 Å². The molecular weight excluding hydrogens is 277 g/mol. The average molecular weight is 292 g/mol. The molecule has 1 atom stereocenters. The van der Waals surface area contributed by atoms with Crippen molar-refractivity contribution in [1.82, 2.24) is 5.32 Å². The summed E-state index contributed by atoms with van der Waals surface area (Å²) in [6, 6.07) is 4.82. The monoisotopic (exact) mass is 291 g/mol. The molecule has 5 heteroatoms. The van der Waals surface area contributed by atoms with Crippen molar-refractivity contribution in [2.24, 2.45) is 0 Å². The molecule has 1 aliphatic rings. The number of benzene rings is 1. The molecule has 2 rings (SSSR count). The third-order valence-electron chi connectivity index (χ3n) is 2.62. The second kappa shape index (κ2) is 6.88. The maximum atomic E-state index is 13.5. The summed E-state index contributed by atoms with van der Waals surface area (Å²) in [6.07, 6.45) is 0. The predicted molar refractivity (Wildman–Crippen MR) is 76.7 cm³/mol. The lowest BCUT2D eigenvalue weighted by Crippen LogP contribution is -2.29. The first-order valence-corrected chi connectivity index (χ1v) is 8.18. The zero-order valence-electron chi connectivity index (χ0n) is 9.42. The first-order valence-electron chi connectivity index (χ1n) is 5.60. The largest absolute Gasteiger partial charge is 0.311 e. The van der Waals surface area contributed by atoms with Gasteiger partial charge in [0.2, 0.25) is 0 Å². The summed E-state index contributed by atoms with van der Waals surface area (Å²) >= 11 is 9.95. The summed E-state index contributed by atoms with van der Waals surface area (Å²) in [4.78, 5) is 0. The Hall–Kier alpha value is 0.1000. The van der Waals surface area contributed by atoms with Crippen molar-refractivity contribution < 1.29 is 4.39 Å². The molecule has 1 nitrogen and oxygen atoms in total. The third-order valence-corrected chi connectivity index (χ3v) is 5.82. The lowest BCUT2D eigenvalue weighted by atomic mass is 10.2. The highest BCUT2D eigenvalue weighted by Crippen LogP contribution is 2.24. The molecule has 1 aromatic rings. The Kier molecular flexibility index (Phi) is 5.48. The number of thioether (sulfide) groups is 2. The molecular formula is C12H15ClFNS2. The van der Waals surface area contributed by atoms with Gasteiger partial charge in [-0.3, -0.25) is 0 Å². The minimum Gasteiger partial charge on any atom is -0.311 e. The van der Waals surface area contributed by atoms with Gasteiger partial charge in [-0.25, -0.2) is 4.39 Å². The van der Waals surface area contributed by atoms with Crippen LogP contribution in [0.15, 0.2) is 18.2 Å². The van der Waals surface area contributed by atoms with E-state index in [4.69, 9.17) is 11.6 Å². The Bertz CT molecular complexity index is 349. The van der Waals surface area contributed by atoms with E-state index in [0.29, 0.717) is 22.4 Å². The van der Waals surface area contributed by atoms with E-state index in [2.05, 4.69) is 5.32 Å². The molecule has 94 valence electrons. The smallest absolute Gasteiger partial charge is 0.129 e. The van der Waals surface area contributed by atoms with E-state index in [9.17, 15) is 4.39 Å². The minimum absolute atomic E-state index is 0.226. The van der Waals surface area contributed by atoms with Gasteiger partial charge in [0.05, 0.1) is 0 Å². The lowest BCUT2D eigenvalue weighted by molar-refractivity contribution is 0.588. The fourth-order valence-corrected chi connectivity index (χ4v) is 4.59. The van der Waals surface area contributed by atoms with Crippen molar-refractivity contribution in [2.75, 3.05) is 23.8 Å². The predicted octanol–water partition coefficient (Wildman–Crippen LogP) is 3.42. The van der Waals surface area contributed by atoms with Gasteiger partial charge in [-0.2, -0.15) is 23.5 Å². The molecule has 0 spiro atoms. The Labute approximate surface area is 115 Å². The number of nitrogens with one attached hydrogen (secondary N) is 1. The van der Waals surface area contributed by atoms with Crippen LogP contribution in [0.3, 0.4) is 0 Å². The van der Waals surface area contributed by atoms with Gasteiger partial charge in [0.15, 0.2) is 0 Å². The van der Waals surface area contributed by atoms with Crippen LogP contribution in [-0.4, -0.2) is 29.1 Å². The fraction of sp³-hybridized carbons (Fsp3) is 0.500. The summed E-state index contributed by atoms with van der Waals surface area (Å²) < 4.78 is 13.5. The van der Waals surface area contributed by atoms with Gasteiger partial charge >= 0.3 is 0 Å². The van der Waals surface area contributed by atoms with Crippen LogP contribution in [0.5, 0.6) is 0 Å². The van der Waals surface area contributed by atoms with E-state index in [1.54, 1.807) is 12.1 Å². The second-order valence-electron chi connectivity index (χ2n) is 3.90. The molecule has 17 heavy (non-hydrogen) atoms. The fourth-order valence-electron chi connectivity index (χ4n) is 1.71. The van der Waals surface area contributed by atoms with Crippen LogP contribution in [-0.2, 0) is 6.54 Å². The summed E-state index contributed by atoms with van der Waals surface area (Å²) in [5, 5.41) is 4.44. The maximum Gasteiger partial charge on any atom is 0.129 e.